The molecule has 5 rings (SSSR count). The van der Waals surface area contributed by atoms with Crippen LogP contribution in [0.4, 0.5) is 45.5 Å². The zero-order chi connectivity index (χ0) is 27.4. The molecule has 2 unspecified atom stereocenters. The number of aliphatic imine (C=N–C) groups is 1. The second-order valence-corrected chi connectivity index (χ2v) is 8.90. The summed E-state index contributed by atoms with van der Waals surface area (Å²) in [5.74, 6) is -6.57. The van der Waals surface area contributed by atoms with Crippen molar-refractivity contribution >= 4 is 23.2 Å². The summed E-state index contributed by atoms with van der Waals surface area (Å²) in [6.45, 7) is 0.282. The van der Waals surface area contributed by atoms with E-state index < -0.39 is 47.3 Å². The molecule has 0 bridgehead atoms. The average Bonchev–Trinajstić information content (AvgIpc) is 3.30. The lowest BCUT2D eigenvalue weighted by Gasteiger charge is -2.32. The molecule has 3 heterocycles. The lowest BCUT2D eigenvalue weighted by molar-refractivity contribution is -0.163. The second kappa shape index (κ2) is 9.21. The Labute approximate surface area is 209 Å². The molecule has 0 fully saturated rings. The van der Waals surface area contributed by atoms with E-state index in [1.54, 1.807) is 11.0 Å². The number of fused-ring (bicyclic) bond motifs is 1. The maximum absolute atomic E-state index is 13.9. The lowest BCUT2D eigenvalue weighted by Crippen LogP contribution is -2.38. The Morgan fingerprint density at radius 3 is 2.26 bits per heavy atom. The molecule has 2 aliphatic rings. The van der Waals surface area contributed by atoms with E-state index in [4.69, 9.17) is 0 Å². The summed E-state index contributed by atoms with van der Waals surface area (Å²) >= 11 is 0. The quantitative estimate of drug-likeness (QED) is 0.220. The molecule has 0 saturated carbocycles. The number of hydrogen-bond donors (Lipinski definition) is 1. The molecule has 2 atom stereocenters. The van der Waals surface area contributed by atoms with Crippen molar-refractivity contribution in [2.45, 2.75) is 24.8 Å². The van der Waals surface area contributed by atoms with E-state index in [2.05, 4.69) is 15.0 Å². The third kappa shape index (κ3) is 4.76. The van der Waals surface area contributed by atoms with Crippen LogP contribution in [0.1, 0.15) is 12.0 Å². The zero-order valence-electron chi connectivity index (χ0n) is 19.1. The number of hydrogen-bond acceptors (Lipinski definition) is 3. The molecule has 13 heteroatoms. The molecule has 1 N–H and O–H groups in total. The number of imidazole rings is 1. The van der Waals surface area contributed by atoms with Gasteiger partial charge in [0.25, 0.3) is 0 Å². The first-order chi connectivity index (χ1) is 17.8. The van der Waals surface area contributed by atoms with Crippen molar-refractivity contribution in [2.75, 3.05) is 18.0 Å². The molecule has 2 aromatic carbocycles. The second-order valence-electron chi connectivity index (χ2n) is 8.90. The van der Waals surface area contributed by atoms with Crippen LogP contribution in [0.15, 0.2) is 53.1 Å². The van der Waals surface area contributed by atoms with Crippen LogP contribution in [0.3, 0.4) is 0 Å². The van der Waals surface area contributed by atoms with Crippen molar-refractivity contribution < 1.29 is 39.5 Å². The van der Waals surface area contributed by atoms with E-state index in [-0.39, 0.29) is 47.6 Å². The molecule has 200 valence electrons. The van der Waals surface area contributed by atoms with Gasteiger partial charge in [0.1, 0.15) is 0 Å². The van der Waals surface area contributed by atoms with Gasteiger partial charge in [-0.05, 0) is 47.9 Å². The SMILES string of the molecule is Fc1cc(-c2cc(C(F)(F)F)cc3[nH]c(N4CC=C(C5N=CC=CC5C(F)(F)F)CC4)nc23)cc(F)c1F. The summed E-state index contributed by atoms with van der Waals surface area (Å²) in [5.41, 5.74) is -1.42. The van der Waals surface area contributed by atoms with Gasteiger partial charge in [-0.3, -0.25) is 4.99 Å². The number of nitrogens with one attached hydrogen (secondary N) is 1. The van der Waals surface area contributed by atoms with Gasteiger partial charge in [0, 0.05) is 24.9 Å². The fraction of sp³-hybridized carbons (Fsp3) is 0.280. The molecule has 0 saturated heterocycles. The lowest BCUT2D eigenvalue weighted by atomic mass is 9.87. The smallest absolute Gasteiger partial charge is 0.338 e. The maximum atomic E-state index is 13.9. The van der Waals surface area contributed by atoms with E-state index in [0.29, 0.717) is 23.8 Å². The molecule has 0 amide bonds. The fourth-order valence-electron chi connectivity index (χ4n) is 4.62. The van der Waals surface area contributed by atoms with Crippen LogP contribution in [0.25, 0.3) is 22.2 Å². The van der Waals surface area contributed by atoms with Crippen LogP contribution < -0.4 is 4.90 Å². The first-order valence-electron chi connectivity index (χ1n) is 11.3. The predicted molar refractivity (Wildman–Crippen MR) is 122 cm³/mol. The summed E-state index contributed by atoms with van der Waals surface area (Å²) in [6.07, 6.45) is -3.94. The average molecular weight is 544 g/mol. The topological polar surface area (TPSA) is 44.3 Å². The highest BCUT2D eigenvalue weighted by molar-refractivity contribution is 5.94. The highest BCUT2D eigenvalue weighted by Gasteiger charge is 2.45. The Morgan fingerprint density at radius 1 is 0.947 bits per heavy atom. The molecule has 0 spiro atoms. The molecule has 38 heavy (non-hydrogen) atoms. The number of halogens is 9. The number of allylic oxidation sites excluding steroid dienone is 1. The number of dihydropyridines is 1. The van der Waals surface area contributed by atoms with E-state index in [1.165, 1.54) is 12.3 Å². The van der Waals surface area contributed by atoms with Gasteiger partial charge in [0.2, 0.25) is 5.95 Å². The first kappa shape index (κ1) is 25.9. The number of alkyl halides is 6. The van der Waals surface area contributed by atoms with Crippen LogP contribution in [0.5, 0.6) is 0 Å². The Balaban J connectivity index is 1.51. The summed E-state index contributed by atoms with van der Waals surface area (Å²) < 4.78 is 122. The van der Waals surface area contributed by atoms with Crippen LogP contribution in [-0.2, 0) is 6.18 Å². The van der Waals surface area contributed by atoms with Gasteiger partial charge in [-0.1, -0.05) is 12.2 Å². The highest BCUT2D eigenvalue weighted by atomic mass is 19.4. The number of aromatic nitrogens is 2. The maximum Gasteiger partial charge on any atom is 0.416 e. The zero-order valence-corrected chi connectivity index (χ0v) is 19.1. The fourth-order valence-corrected chi connectivity index (χ4v) is 4.62. The summed E-state index contributed by atoms with van der Waals surface area (Å²) in [6, 6.07) is 1.50. The molecule has 2 aliphatic heterocycles. The molecule has 0 radical (unpaired) electrons. The molecular weight excluding hydrogens is 527 g/mol. The van der Waals surface area contributed by atoms with Crippen molar-refractivity contribution in [1.29, 1.82) is 0 Å². The Bertz CT molecular complexity index is 1460. The van der Waals surface area contributed by atoms with Gasteiger partial charge >= 0.3 is 12.4 Å². The summed E-state index contributed by atoms with van der Waals surface area (Å²) in [7, 11) is 0. The van der Waals surface area contributed by atoms with Gasteiger partial charge in [-0.25, -0.2) is 18.2 Å². The first-order valence-corrected chi connectivity index (χ1v) is 11.3. The Hall–Kier alpha value is -3.77. The van der Waals surface area contributed by atoms with Gasteiger partial charge in [0.15, 0.2) is 17.5 Å². The third-order valence-corrected chi connectivity index (χ3v) is 6.49. The normalized spacial score (nSPS) is 20.3. The van der Waals surface area contributed by atoms with Crippen LogP contribution >= 0.6 is 0 Å². The van der Waals surface area contributed by atoms with Crippen molar-refractivity contribution in [3.8, 4) is 11.1 Å². The minimum absolute atomic E-state index is 0.0488. The standard InChI is InChI=1S/C25H17F9N4/c26-17-8-13(9-18(27)20(17)28)15-10-14(24(29,30)31)11-19-22(15)37-23(36-19)38-6-3-12(4-7-38)21-16(25(32,33)34)2-1-5-35-21/h1-3,5,8-11,16,21H,4,6-7H2,(H,36,37). The number of anilines is 1. The molecule has 4 nitrogen and oxygen atoms in total. The predicted octanol–water partition coefficient (Wildman–Crippen LogP) is 6.99. The van der Waals surface area contributed by atoms with Gasteiger partial charge in [-0.2, -0.15) is 26.3 Å². The highest BCUT2D eigenvalue weighted by Crippen LogP contribution is 2.40. The number of rotatable bonds is 3. The van der Waals surface area contributed by atoms with Crippen molar-refractivity contribution in [3.05, 3.63) is 71.1 Å². The monoisotopic (exact) mass is 544 g/mol. The minimum atomic E-state index is -4.81. The molecule has 1 aromatic heterocycles. The molecule has 3 aromatic rings. The van der Waals surface area contributed by atoms with E-state index >= 15 is 0 Å². The minimum Gasteiger partial charge on any atom is -0.338 e. The van der Waals surface area contributed by atoms with E-state index in [9.17, 15) is 39.5 Å². The molecular formula is C25H17F9N4. The Kier molecular flexibility index (Phi) is 6.27. The Morgan fingerprint density at radius 2 is 1.66 bits per heavy atom. The summed E-state index contributed by atoms with van der Waals surface area (Å²) in [5, 5.41) is 0. The van der Waals surface area contributed by atoms with Crippen LogP contribution in [0, 0.1) is 23.4 Å². The third-order valence-electron chi connectivity index (χ3n) is 6.49. The largest absolute Gasteiger partial charge is 0.416 e. The van der Waals surface area contributed by atoms with Crippen LogP contribution in [0.2, 0.25) is 0 Å². The van der Waals surface area contributed by atoms with Crippen molar-refractivity contribution in [3.63, 3.8) is 0 Å². The summed E-state index contributed by atoms with van der Waals surface area (Å²) in [4.78, 5) is 12.7. The molecule has 0 aliphatic carbocycles. The number of nitrogens with zero attached hydrogens (tertiary/aromatic N) is 3. The van der Waals surface area contributed by atoms with Crippen LogP contribution in [-0.4, -0.2) is 41.5 Å². The number of H-pyrrole nitrogens is 1. The van der Waals surface area contributed by atoms with Gasteiger partial charge < -0.3 is 9.88 Å². The number of aromatic amines is 1. The van der Waals surface area contributed by atoms with Crippen molar-refractivity contribution in [1.82, 2.24) is 9.97 Å². The van der Waals surface area contributed by atoms with E-state index in [1.807, 2.05) is 0 Å². The van der Waals surface area contributed by atoms with Gasteiger partial charge in [-0.15, -0.1) is 0 Å². The van der Waals surface area contributed by atoms with E-state index in [0.717, 1.165) is 12.1 Å². The van der Waals surface area contributed by atoms with Gasteiger partial charge in [0.05, 0.1) is 28.6 Å². The number of benzene rings is 2. The van der Waals surface area contributed by atoms with Crippen molar-refractivity contribution in [2.24, 2.45) is 10.9 Å².